The SMILES string of the molecule is COc1ccc(C)c2ccc(NC3CC3)nc12. The van der Waals surface area contributed by atoms with Crippen molar-refractivity contribution < 1.29 is 4.74 Å². The molecule has 1 aliphatic rings. The highest BCUT2D eigenvalue weighted by molar-refractivity contribution is 5.88. The van der Waals surface area contributed by atoms with Crippen LogP contribution in [0, 0.1) is 6.92 Å². The average Bonchev–Trinajstić information content (AvgIpc) is 3.14. The number of ether oxygens (including phenoxy) is 1. The minimum absolute atomic E-state index is 0.621. The monoisotopic (exact) mass is 228 g/mol. The molecule has 0 aliphatic heterocycles. The van der Waals surface area contributed by atoms with Gasteiger partial charge in [-0.3, -0.25) is 0 Å². The van der Waals surface area contributed by atoms with Crippen LogP contribution in [0.25, 0.3) is 10.9 Å². The van der Waals surface area contributed by atoms with E-state index in [-0.39, 0.29) is 0 Å². The third-order valence-corrected chi connectivity index (χ3v) is 3.19. The molecule has 1 aliphatic carbocycles. The number of rotatable bonds is 3. The van der Waals surface area contributed by atoms with Crippen LogP contribution in [0.5, 0.6) is 5.75 Å². The zero-order valence-electron chi connectivity index (χ0n) is 10.2. The summed E-state index contributed by atoms with van der Waals surface area (Å²) in [6.45, 7) is 2.09. The van der Waals surface area contributed by atoms with Crippen molar-refractivity contribution in [3.05, 3.63) is 29.8 Å². The molecule has 3 rings (SSSR count). The number of anilines is 1. The molecule has 1 N–H and O–H groups in total. The summed E-state index contributed by atoms with van der Waals surface area (Å²) in [6.07, 6.45) is 2.51. The molecule has 2 aromatic rings. The predicted molar refractivity (Wildman–Crippen MR) is 69.7 cm³/mol. The van der Waals surface area contributed by atoms with Gasteiger partial charge in [-0.2, -0.15) is 0 Å². The summed E-state index contributed by atoms with van der Waals surface area (Å²) in [5.74, 6) is 1.79. The van der Waals surface area contributed by atoms with E-state index in [1.165, 1.54) is 18.4 Å². The molecule has 3 heteroatoms. The number of hydrogen-bond donors (Lipinski definition) is 1. The Balaban J connectivity index is 2.11. The molecule has 88 valence electrons. The maximum Gasteiger partial charge on any atom is 0.145 e. The maximum absolute atomic E-state index is 5.37. The molecular weight excluding hydrogens is 212 g/mol. The summed E-state index contributed by atoms with van der Waals surface area (Å²) in [4.78, 5) is 4.65. The second kappa shape index (κ2) is 3.91. The van der Waals surface area contributed by atoms with Crippen molar-refractivity contribution in [2.45, 2.75) is 25.8 Å². The molecule has 0 radical (unpaired) electrons. The number of methoxy groups -OCH3 is 1. The maximum atomic E-state index is 5.37. The van der Waals surface area contributed by atoms with Crippen LogP contribution in [0.3, 0.4) is 0 Å². The molecule has 17 heavy (non-hydrogen) atoms. The Morgan fingerprint density at radius 1 is 1.24 bits per heavy atom. The van der Waals surface area contributed by atoms with E-state index in [4.69, 9.17) is 4.74 Å². The Kier molecular flexibility index (Phi) is 2.39. The molecule has 0 atom stereocenters. The van der Waals surface area contributed by atoms with Crippen LogP contribution in [0.2, 0.25) is 0 Å². The normalized spacial score (nSPS) is 14.9. The molecule has 0 amide bonds. The van der Waals surface area contributed by atoms with Gasteiger partial charge in [0.1, 0.15) is 17.1 Å². The van der Waals surface area contributed by atoms with Gasteiger partial charge in [0, 0.05) is 11.4 Å². The van der Waals surface area contributed by atoms with E-state index in [0.29, 0.717) is 6.04 Å². The third-order valence-electron chi connectivity index (χ3n) is 3.19. The number of pyridine rings is 1. The third kappa shape index (κ3) is 1.93. The summed E-state index contributed by atoms with van der Waals surface area (Å²) in [6, 6.07) is 8.83. The molecule has 1 fully saturated rings. The van der Waals surface area contributed by atoms with E-state index in [1.807, 2.05) is 12.1 Å². The molecular formula is C14H16N2O. The molecule has 1 aromatic heterocycles. The first-order valence-electron chi connectivity index (χ1n) is 5.99. The first-order chi connectivity index (χ1) is 8.28. The van der Waals surface area contributed by atoms with Crippen LogP contribution in [0.1, 0.15) is 18.4 Å². The van der Waals surface area contributed by atoms with E-state index in [0.717, 1.165) is 22.5 Å². The van der Waals surface area contributed by atoms with Gasteiger partial charge >= 0.3 is 0 Å². The van der Waals surface area contributed by atoms with Gasteiger partial charge in [-0.15, -0.1) is 0 Å². The van der Waals surface area contributed by atoms with E-state index in [1.54, 1.807) is 7.11 Å². The fourth-order valence-electron chi connectivity index (χ4n) is 2.02. The van der Waals surface area contributed by atoms with E-state index in [9.17, 15) is 0 Å². The lowest BCUT2D eigenvalue weighted by Gasteiger charge is -2.09. The van der Waals surface area contributed by atoms with Crippen molar-refractivity contribution in [1.29, 1.82) is 0 Å². The molecule has 0 spiro atoms. The first-order valence-corrected chi connectivity index (χ1v) is 5.99. The number of hydrogen-bond acceptors (Lipinski definition) is 3. The lowest BCUT2D eigenvalue weighted by molar-refractivity contribution is 0.419. The van der Waals surface area contributed by atoms with Gasteiger partial charge < -0.3 is 10.1 Å². The number of aryl methyl sites for hydroxylation is 1. The van der Waals surface area contributed by atoms with Crippen molar-refractivity contribution in [2.24, 2.45) is 0 Å². The smallest absolute Gasteiger partial charge is 0.145 e. The first kappa shape index (κ1) is 10.4. The van der Waals surface area contributed by atoms with Crippen LogP contribution in [-0.2, 0) is 0 Å². The molecule has 3 nitrogen and oxygen atoms in total. The molecule has 1 aromatic carbocycles. The Hall–Kier alpha value is -1.77. The van der Waals surface area contributed by atoms with Gasteiger partial charge in [-0.1, -0.05) is 6.07 Å². The van der Waals surface area contributed by atoms with Crippen LogP contribution < -0.4 is 10.1 Å². The van der Waals surface area contributed by atoms with Gasteiger partial charge in [0.05, 0.1) is 7.11 Å². The molecule has 0 saturated heterocycles. The summed E-state index contributed by atoms with van der Waals surface area (Å²) >= 11 is 0. The van der Waals surface area contributed by atoms with Crippen LogP contribution in [-0.4, -0.2) is 18.1 Å². The van der Waals surface area contributed by atoms with Crippen LogP contribution in [0.15, 0.2) is 24.3 Å². The number of nitrogens with one attached hydrogen (secondary N) is 1. The Morgan fingerprint density at radius 2 is 2.06 bits per heavy atom. The Bertz CT molecular complexity index is 561. The summed E-state index contributed by atoms with van der Waals surface area (Å²) in [5, 5.41) is 4.57. The standard InChI is InChI=1S/C14H16N2O/c1-9-3-7-12(17-2)14-11(9)6-8-13(16-14)15-10-4-5-10/h3,6-8,10H,4-5H2,1-2H3,(H,15,16). The number of nitrogens with zero attached hydrogens (tertiary/aromatic N) is 1. The highest BCUT2D eigenvalue weighted by Gasteiger charge is 2.21. The van der Waals surface area contributed by atoms with Crippen LogP contribution in [0.4, 0.5) is 5.82 Å². The molecule has 1 heterocycles. The van der Waals surface area contributed by atoms with Gasteiger partial charge in [0.15, 0.2) is 0 Å². The second-order valence-corrected chi connectivity index (χ2v) is 4.60. The van der Waals surface area contributed by atoms with Crippen LogP contribution >= 0.6 is 0 Å². The van der Waals surface area contributed by atoms with Gasteiger partial charge in [-0.25, -0.2) is 4.98 Å². The predicted octanol–water partition coefficient (Wildman–Crippen LogP) is 3.13. The topological polar surface area (TPSA) is 34.1 Å². The fourth-order valence-corrected chi connectivity index (χ4v) is 2.02. The fraction of sp³-hybridized carbons (Fsp3) is 0.357. The van der Waals surface area contributed by atoms with E-state index < -0.39 is 0 Å². The minimum atomic E-state index is 0.621. The zero-order valence-corrected chi connectivity index (χ0v) is 10.2. The molecule has 1 saturated carbocycles. The van der Waals surface area contributed by atoms with Crippen molar-refractivity contribution in [3.63, 3.8) is 0 Å². The van der Waals surface area contributed by atoms with Crippen molar-refractivity contribution in [3.8, 4) is 5.75 Å². The van der Waals surface area contributed by atoms with Gasteiger partial charge in [0.2, 0.25) is 0 Å². The minimum Gasteiger partial charge on any atom is -0.494 e. The quantitative estimate of drug-likeness (QED) is 0.876. The highest BCUT2D eigenvalue weighted by Crippen LogP contribution is 2.29. The van der Waals surface area contributed by atoms with Gasteiger partial charge in [-0.05, 0) is 43.5 Å². The second-order valence-electron chi connectivity index (χ2n) is 4.60. The molecule has 0 bridgehead atoms. The summed E-state index contributed by atoms with van der Waals surface area (Å²) in [7, 11) is 1.69. The Labute approximate surface area is 101 Å². The zero-order chi connectivity index (χ0) is 11.8. The van der Waals surface area contributed by atoms with E-state index in [2.05, 4.69) is 29.4 Å². The number of aromatic nitrogens is 1. The highest BCUT2D eigenvalue weighted by atomic mass is 16.5. The average molecular weight is 228 g/mol. The van der Waals surface area contributed by atoms with Gasteiger partial charge in [0.25, 0.3) is 0 Å². The largest absolute Gasteiger partial charge is 0.494 e. The summed E-state index contributed by atoms with van der Waals surface area (Å²) in [5.41, 5.74) is 2.17. The van der Waals surface area contributed by atoms with Crippen molar-refractivity contribution in [2.75, 3.05) is 12.4 Å². The molecule has 0 unspecified atom stereocenters. The summed E-state index contributed by atoms with van der Waals surface area (Å²) < 4.78 is 5.37. The lowest BCUT2D eigenvalue weighted by Crippen LogP contribution is -2.03. The lowest BCUT2D eigenvalue weighted by atomic mass is 10.1. The van der Waals surface area contributed by atoms with Crippen molar-refractivity contribution >= 4 is 16.7 Å². The Morgan fingerprint density at radius 3 is 2.76 bits per heavy atom. The number of fused-ring (bicyclic) bond motifs is 1. The van der Waals surface area contributed by atoms with E-state index >= 15 is 0 Å². The van der Waals surface area contributed by atoms with Crippen molar-refractivity contribution in [1.82, 2.24) is 4.98 Å². The number of benzene rings is 1.